The van der Waals surface area contributed by atoms with Gasteiger partial charge in [-0.15, -0.1) is 0 Å². The minimum absolute atomic E-state index is 0.200. The largest absolute Gasteiger partial charge is 0.451 e. The van der Waals surface area contributed by atoms with Crippen LogP contribution in [-0.2, 0) is 28.9 Å². The second kappa shape index (κ2) is 8.94. The Bertz CT molecular complexity index is 1190. The van der Waals surface area contributed by atoms with Crippen molar-refractivity contribution in [1.29, 1.82) is 0 Å². The smallest absolute Gasteiger partial charge is 0.404 e. The summed E-state index contributed by atoms with van der Waals surface area (Å²) < 4.78 is 35.4. The van der Waals surface area contributed by atoms with Gasteiger partial charge < -0.3 is 20.1 Å². The van der Waals surface area contributed by atoms with Gasteiger partial charge in [-0.25, -0.2) is 18.0 Å². The van der Waals surface area contributed by atoms with E-state index in [1.54, 1.807) is 48.5 Å². The number of rotatable bonds is 7. The van der Waals surface area contributed by atoms with Crippen molar-refractivity contribution in [1.82, 2.24) is 4.90 Å². The first-order chi connectivity index (χ1) is 16.2. The molecule has 4 rings (SSSR count). The summed E-state index contributed by atoms with van der Waals surface area (Å²) in [4.78, 5) is 37.9. The third-order valence-electron chi connectivity index (χ3n) is 6.17. The maximum absolute atomic E-state index is 13.6. The van der Waals surface area contributed by atoms with E-state index in [4.69, 9.17) is 10.5 Å². The third kappa shape index (κ3) is 3.94. The van der Waals surface area contributed by atoms with Gasteiger partial charge in [0.15, 0.2) is 22.0 Å². The Hall–Kier alpha value is -3.66. The van der Waals surface area contributed by atoms with E-state index in [9.17, 15) is 22.8 Å². The Labute approximate surface area is 197 Å². The van der Waals surface area contributed by atoms with E-state index in [1.807, 2.05) is 12.1 Å². The average molecular weight is 485 g/mol. The molecule has 2 aliphatic rings. The summed E-state index contributed by atoms with van der Waals surface area (Å²) in [5.41, 5.74) is 6.34. The van der Waals surface area contributed by atoms with E-state index in [2.05, 4.69) is 4.74 Å². The monoisotopic (exact) mass is 484 g/mol. The molecule has 2 saturated heterocycles. The summed E-state index contributed by atoms with van der Waals surface area (Å²) in [5.74, 6) is -1.29. The predicted octanol–water partition coefficient (Wildman–Crippen LogP) is 2.08. The van der Waals surface area contributed by atoms with Crippen LogP contribution in [0.5, 0.6) is 0 Å². The van der Waals surface area contributed by atoms with Gasteiger partial charge in [-0.3, -0.25) is 4.79 Å². The average Bonchev–Trinajstić information content (AvgIpc) is 2.96. The van der Waals surface area contributed by atoms with Gasteiger partial charge in [-0.05, 0) is 24.1 Å². The highest BCUT2D eigenvalue weighted by Crippen LogP contribution is 2.47. The van der Waals surface area contributed by atoms with Gasteiger partial charge in [-0.2, -0.15) is 0 Å². The van der Waals surface area contributed by atoms with Gasteiger partial charge in [-0.1, -0.05) is 66.7 Å². The first-order valence-corrected chi connectivity index (χ1v) is 12.2. The maximum Gasteiger partial charge on any atom is 0.404 e. The number of fused-ring (bicyclic) bond motifs is 1. The molecule has 0 unspecified atom stereocenters. The Balaban J connectivity index is 1.70. The van der Waals surface area contributed by atoms with Crippen molar-refractivity contribution in [2.45, 2.75) is 35.6 Å². The number of hydrogen-bond acceptors (Lipinski definition) is 7. The number of nitrogens with zero attached hydrogens (tertiary/aromatic N) is 1. The van der Waals surface area contributed by atoms with Crippen LogP contribution in [0.2, 0.25) is 0 Å². The van der Waals surface area contributed by atoms with Gasteiger partial charge >= 0.3 is 12.1 Å². The van der Waals surface area contributed by atoms with Crippen molar-refractivity contribution in [2.24, 2.45) is 5.73 Å². The molecule has 2 heterocycles. The molecule has 2 fully saturated rings. The van der Waals surface area contributed by atoms with Gasteiger partial charge in [0.2, 0.25) is 5.91 Å². The SMILES string of the molecule is C[C@]1(C=CCOC(N)=O)[C@H](C(=O)OC(c2ccccc2)c2ccccc2)N2C(=O)C[C@H]2S1(=O)=O. The predicted molar refractivity (Wildman–Crippen MR) is 122 cm³/mol. The number of hydrogen-bond donors (Lipinski definition) is 1. The molecule has 2 amide bonds. The van der Waals surface area contributed by atoms with Crippen molar-refractivity contribution >= 4 is 27.8 Å². The quantitative estimate of drug-likeness (QED) is 0.361. The maximum atomic E-state index is 13.6. The molecule has 0 radical (unpaired) electrons. The van der Waals surface area contributed by atoms with E-state index >= 15 is 0 Å². The summed E-state index contributed by atoms with van der Waals surface area (Å²) in [6, 6.07) is 16.7. The molecule has 0 bridgehead atoms. The summed E-state index contributed by atoms with van der Waals surface area (Å²) in [5, 5.41) is -1.11. The lowest BCUT2D eigenvalue weighted by Crippen LogP contribution is -2.57. The van der Waals surface area contributed by atoms with E-state index in [0.717, 1.165) is 4.90 Å². The normalized spacial score (nSPS) is 25.1. The fraction of sp³-hybridized carbons (Fsp3) is 0.292. The molecule has 2 aromatic carbocycles. The Kier molecular flexibility index (Phi) is 6.18. The minimum Gasteiger partial charge on any atom is -0.451 e. The highest BCUT2D eigenvalue weighted by molar-refractivity contribution is 7.94. The number of β-lactam (4-membered cyclic amide) rings is 1. The van der Waals surface area contributed by atoms with Crippen molar-refractivity contribution in [3.63, 3.8) is 0 Å². The molecular weight excluding hydrogens is 460 g/mol. The summed E-state index contributed by atoms with van der Waals surface area (Å²) in [7, 11) is -3.97. The first-order valence-electron chi connectivity index (χ1n) is 10.6. The number of carbonyl (C=O) groups excluding carboxylic acids is 3. The number of nitrogens with two attached hydrogens (primary N) is 1. The number of primary amides is 1. The van der Waals surface area contributed by atoms with E-state index < -0.39 is 50.1 Å². The molecule has 3 atom stereocenters. The van der Waals surface area contributed by atoms with Crippen molar-refractivity contribution < 1.29 is 32.3 Å². The second-order valence-electron chi connectivity index (χ2n) is 8.26. The van der Waals surface area contributed by atoms with Crippen LogP contribution in [0.25, 0.3) is 0 Å². The molecule has 2 aliphatic heterocycles. The topological polar surface area (TPSA) is 133 Å². The van der Waals surface area contributed by atoms with Gasteiger partial charge in [0, 0.05) is 0 Å². The third-order valence-corrected chi connectivity index (χ3v) is 8.87. The lowest BCUT2D eigenvalue weighted by molar-refractivity contribution is -0.163. The summed E-state index contributed by atoms with van der Waals surface area (Å²) >= 11 is 0. The summed E-state index contributed by atoms with van der Waals surface area (Å²) in [6.45, 7) is 1.08. The zero-order valence-electron chi connectivity index (χ0n) is 18.4. The molecule has 0 aliphatic carbocycles. The van der Waals surface area contributed by atoms with Crippen molar-refractivity contribution in [3.8, 4) is 0 Å². The number of carbonyl (C=O) groups is 3. The number of esters is 1. The Morgan fingerprint density at radius 3 is 2.18 bits per heavy atom. The van der Waals surface area contributed by atoms with E-state index in [0.29, 0.717) is 11.1 Å². The molecule has 9 nitrogen and oxygen atoms in total. The zero-order chi connectivity index (χ0) is 24.5. The molecule has 34 heavy (non-hydrogen) atoms. The van der Waals surface area contributed by atoms with E-state index in [1.165, 1.54) is 19.1 Å². The van der Waals surface area contributed by atoms with Crippen LogP contribution in [0.4, 0.5) is 4.79 Å². The van der Waals surface area contributed by atoms with Crippen LogP contribution in [-0.4, -0.2) is 54.1 Å². The molecule has 2 N–H and O–H groups in total. The number of benzene rings is 2. The number of sulfone groups is 1. The van der Waals surface area contributed by atoms with Gasteiger partial charge in [0.25, 0.3) is 0 Å². The minimum atomic E-state index is -3.97. The van der Waals surface area contributed by atoms with Crippen LogP contribution in [0.3, 0.4) is 0 Å². The van der Waals surface area contributed by atoms with Gasteiger partial charge in [0.1, 0.15) is 16.7 Å². The lowest BCUT2D eigenvalue weighted by atomic mass is 9.95. The highest BCUT2D eigenvalue weighted by Gasteiger charge is 2.69. The molecular formula is C24H24N2O7S. The molecule has 0 spiro atoms. The van der Waals surface area contributed by atoms with Crippen LogP contribution in [0, 0.1) is 0 Å². The first kappa shape index (κ1) is 23.5. The second-order valence-corrected chi connectivity index (χ2v) is 10.8. The Morgan fingerprint density at radius 1 is 1.12 bits per heavy atom. The molecule has 10 heteroatoms. The summed E-state index contributed by atoms with van der Waals surface area (Å²) in [6.07, 6.45) is 0.536. The Morgan fingerprint density at radius 2 is 1.68 bits per heavy atom. The van der Waals surface area contributed by atoms with Crippen molar-refractivity contribution in [2.75, 3.05) is 6.61 Å². The molecule has 0 saturated carbocycles. The highest BCUT2D eigenvalue weighted by atomic mass is 32.2. The van der Waals surface area contributed by atoms with Crippen LogP contribution >= 0.6 is 0 Å². The van der Waals surface area contributed by atoms with Crippen LogP contribution < -0.4 is 5.73 Å². The lowest BCUT2D eigenvalue weighted by Gasteiger charge is -2.36. The van der Waals surface area contributed by atoms with E-state index in [-0.39, 0.29) is 13.0 Å². The van der Waals surface area contributed by atoms with Crippen molar-refractivity contribution in [3.05, 3.63) is 83.9 Å². The molecule has 0 aromatic heterocycles. The zero-order valence-corrected chi connectivity index (χ0v) is 19.2. The number of amides is 2. The van der Waals surface area contributed by atoms with Crippen LogP contribution in [0.1, 0.15) is 30.6 Å². The number of ether oxygens (including phenoxy) is 2. The molecule has 2 aromatic rings. The fourth-order valence-corrected chi connectivity index (χ4v) is 6.70. The van der Waals surface area contributed by atoms with Gasteiger partial charge in [0.05, 0.1) is 6.42 Å². The fourth-order valence-electron chi connectivity index (χ4n) is 4.41. The van der Waals surface area contributed by atoms with Crippen LogP contribution in [0.15, 0.2) is 72.8 Å². The standard InChI is InChI=1S/C24H24N2O7S/c1-24(13-8-14-32-23(25)29)21(26-18(27)15-19(26)34(24,30)31)22(28)33-20(16-9-4-2-5-10-16)17-11-6-3-7-12-17/h2-13,19-21H,14-15H2,1H3,(H2,25,29)/t19-,21+,24+/m1/s1. The molecule has 178 valence electrons.